The van der Waals surface area contributed by atoms with E-state index in [4.69, 9.17) is 21.1 Å². The van der Waals surface area contributed by atoms with Crippen LogP contribution in [0.5, 0.6) is 11.5 Å². The fourth-order valence-electron chi connectivity index (χ4n) is 2.95. The SMILES string of the molecule is CCOc1ccc(NS(=O)(=O)c2cc(NC(=O)CNc3ccccc3Cl)ccc2OC)cc1. The van der Waals surface area contributed by atoms with E-state index in [0.717, 1.165) is 0 Å². The van der Waals surface area contributed by atoms with Gasteiger partial charge >= 0.3 is 0 Å². The van der Waals surface area contributed by atoms with Crippen LogP contribution >= 0.6 is 11.6 Å². The minimum absolute atomic E-state index is 0.0533. The number of methoxy groups -OCH3 is 1. The maximum atomic E-state index is 13.0. The number of carbonyl (C=O) groups excluding carboxylic acids is 1. The molecule has 174 valence electrons. The van der Waals surface area contributed by atoms with E-state index < -0.39 is 10.0 Å². The van der Waals surface area contributed by atoms with Gasteiger partial charge in [0, 0.05) is 11.4 Å². The monoisotopic (exact) mass is 489 g/mol. The Labute approximate surface area is 197 Å². The Balaban J connectivity index is 1.74. The van der Waals surface area contributed by atoms with Crippen LogP contribution in [-0.2, 0) is 14.8 Å². The molecular weight excluding hydrogens is 466 g/mol. The third-order valence-corrected chi connectivity index (χ3v) is 6.20. The van der Waals surface area contributed by atoms with Crippen molar-refractivity contribution >= 4 is 44.6 Å². The van der Waals surface area contributed by atoms with Crippen molar-refractivity contribution in [2.45, 2.75) is 11.8 Å². The van der Waals surface area contributed by atoms with Crippen LogP contribution in [0.1, 0.15) is 6.92 Å². The Morgan fingerprint density at radius 1 is 1.00 bits per heavy atom. The van der Waals surface area contributed by atoms with E-state index in [-0.39, 0.29) is 23.1 Å². The van der Waals surface area contributed by atoms with Crippen molar-refractivity contribution in [3.63, 3.8) is 0 Å². The third-order valence-electron chi connectivity index (χ3n) is 4.47. The maximum Gasteiger partial charge on any atom is 0.265 e. The van der Waals surface area contributed by atoms with Crippen LogP contribution < -0.4 is 24.8 Å². The minimum Gasteiger partial charge on any atom is -0.495 e. The van der Waals surface area contributed by atoms with Gasteiger partial charge in [-0.05, 0) is 61.5 Å². The van der Waals surface area contributed by atoms with E-state index in [0.29, 0.717) is 34.4 Å². The third kappa shape index (κ3) is 6.53. The normalized spacial score (nSPS) is 10.9. The van der Waals surface area contributed by atoms with E-state index >= 15 is 0 Å². The summed E-state index contributed by atoms with van der Waals surface area (Å²) in [5.41, 5.74) is 1.28. The summed E-state index contributed by atoms with van der Waals surface area (Å²) >= 11 is 6.07. The molecule has 0 aromatic heterocycles. The Kier molecular flexibility index (Phi) is 8.02. The fourth-order valence-corrected chi connectivity index (χ4v) is 4.40. The molecule has 33 heavy (non-hydrogen) atoms. The lowest BCUT2D eigenvalue weighted by atomic mass is 10.3. The molecule has 0 bridgehead atoms. The van der Waals surface area contributed by atoms with Crippen LogP contribution in [0.15, 0.2) is 71.6 Å². The number of carbonyl (C=O) groups is 1. The highest BCUT2D eigenvalue weighted by Crippen LogP contribution is 2.29. The van der Waals surface area contributed by atoms with Crippen LogP contribution in [0.25, 0.3) is 0 Å². The molecule has 0 saturated heterocycles. The smallest absolute Gasteiger partial charge is 0.265 e. The number of para-hydroxylation sites is 1. The minimum atomic E-state index is -4.00. The van der Waals surface area contributed by atoms with Crippen molar-refractivity contribution in [1.82, 2.24) is 0 Å². The number of nitrogens with one attached hydrogen (secondary N) is 3. The summed E-state index contributed by atoms with van der Waals surface area (Å²) in [5.74, 6) is 0.400. The number of amides is 1. The largest absolute Gasteiger partial charge is 0.495 e. The average molecular weight is 490 g/mol. The Bertz CT molecular complexity index is 1220. The summed E-state index contributed by atoms with van der Waals surface area (Å²) in [6, 6.07) is 17.9. The van der Waals surface area contributed by atoms with Gasteiger partial charge in [0.15, 0.2) is 0 Å². The van der Waals surface area contributed by atoms with Crippen LogP contribution in [0.2, 0.25) is 5.02 Å². The molecule has 0 spiro atoms. The number of rotatable bonds is 10. The number of hydrogen-bond acceptors (Lipinski definition) is 6. The van der Waals surface area contributed by atoms with E-state index in [2.05, 4.69) is 15.4 Å². The number of anilines is 3. The highest BCUT2D eigenvalue weighted by Gasteiger charge is 2.21. The first-order chi connectivity index (χ1) is 15.8. The molecule has 0 saturated carbocycles. The molecule has 0 fully saturated rings. The second-order valence-corrected chi connectivity index (χ2v) is 8.87. The van der Waals surface area contributed by atoms with E-state index in [9.17, 15) is 13.2 Å². The highest BCUT2D eigenvalue weighted by atomic mass is 35.5. The zero-order chi connectivity index (χ0) is 23.8. The molecule has 8 nitrogen and oxygen atoms in total. The maximum absolute atomic E-state index is 13.0. The molecule has 3 aromatic carbocycles. The van der Waals surface area contributed by atoms with E-state index in [1.807, 2.05) is 6.92 Å². The average Bonchev–Trinajstić information content (AvgIpc) is 2.80. The van der Waals surface area contributed by atoms with E-state index in [1.54, 1.807) is 54.6 Å². The lowest BCUT2D eigenvalue weighted by Crippen LogP contribution is -2.22. The zero-order valence-corrected chi connectivity index (χ0v) is 19.7. The number of hydrogen-bond donors (Lipinski definition) is 3. The molecule has 1 amide bonds. The molecular formula is C23H24ClN3O5S. The predicted octanol–water partition coefficient (Wildman–Crippen LogP) is 4.60. The van der Waals surface area contributed by atoms with Gasteiger partial charge in [0.25, 0.3) is 10.0 Å². The first kappa shape index (κ1) is 24.2. The van der Waals surface area contributed by atoms with Gasteiger partial charge < -0.3 is 20.1 Å². The molecule has 0 atom stereocenters. The van der Waals surface area contributed by atoms with Gasteiger partial charge in [0.05, 0.1) is 31.0 Å². The molecule has 3 aromatic rings. The van der Waals surface area contributed by atoms with Crippen LogP contribution in [-0.4, -0.2) is 34.6 Å². The first-order valence-electron chi connectivity index (χ1n) is 10.0. The highest BCUT2D eigenvalue weighted by molar-refractivity contribution is 7.92. The van der Waals surface area contributed by atoms with Crippen LogP contribution in [0.4, 0.5) is 17.1 Å². The number of ether oxygens (including phenoxy) is 2. The Morgan fingerprint density at radius 2 is 1.70 bits per heavy atom. The standard InChI is InChI=1S/C23H24ClN3O5S/c1-3-32-18-11-8-16(9-12-18)27-33(29,30)22-14-17(10-13-21(22)31-2)26-23(28)15-25-20-7-5-4-6-19(20)24/h4-14,25,27H,3,15H2,1-2H3,(H,26,28). The quantitative estimate of drug-likeness (QED) is 0.384. The van der Waals surface area contributed by atoms with Crippen molar-refractivity contribution in [1.29, 1.82) is 0 Å². The molecule has 0 aliphatic rings. The molecule has 3 rings (SSSR count). The molecule has 0 radical (unpaired) electrons. The van der Waals surface area contributed by atoms with Gasteiger partial charge in [-0.15, -0.1) is 0 Å². The van der Waals surface area contributed by atoms with Gasteiger partial charge in [-0.3, -0.25) is 9.52 Å². The number of halogens is 1. The fraction of sp³-hybridized carbons (Fsp3) is 0.174. The lowest BCUT2D eigenvalue weighted by Gasteiger charge is -2.14. The van der Waals surface area contributed by atoms with Gasteiger partial charge in [-0.1, -0.05) is 23.7 Å². The zero-order valence-electron chi connectivity index (χ0n) is 18.1. The second-order valence-electron chi connectivity index (χ2n) is 6.81. The second kappa shape index (κ2) is 10.9. The number of benzene rings is 3. The van der Waals surface area contributed by atoms with Gasteiger partial charge in [0.1, 0.15) is 16.4 Å². The summed E-state index contributed by atoms with van der Waals surface area (Å²) in [7, 11) is -2.63. The van der Waals surface area contributed by atoms with Crippen molar-refractivity contribution < 1.29 is 22.7 Å². The molecule has 0 aliphatic carbocycles. The van der Waals surface area contributed by atoms with Gasteiger partial charge in [0.2, 0.25) is 5.91 Å². The molecule has 3 N–H and O–H groups in total. The lowest BCUT2D eigenvalue weighted by molar-refractivity contribution is -0.114. The molecule has 10 heteroatoms. The molecule has 0 aliphatic heterocycles. The Morgan fingerprint density at radius 3 is 2.36 bits per heavy atom. The van der Waals surface area contributed by atoms with Crippen molar-refractivity contribution in [2.24, 2.45) is 0 Å². The Hall–Kier alpha value is -3.43. The summed E-state index contributed by atoms with van der Waals surface area (Å²) in [4.78, 5) is 12.2. The summed E-state index contributed by atoms with van der Waals surface area (Å²) < 4.78 is 39.1. The van der Waals surface area contributed by atoms with Crippen molar-refractivity contribution in [3.05, 3.63) is 71.8 Å². The molecule has 0 heterocycles. The van der Waals surface area contributed by atoms with Gasteiger partial charge in [-0.2, -0.15) is 0 Å². The van der Waals surface area contributed by atoms with Crippen molar-refractivity contribution in [2.75, 3.05) is 35.6 Å². The van der Waals surface area contributed by atoms with Gasteiger partial charge in [-0.25, -0.2) is 8.42 Å². The van der Waals surface area contributed by atoms with Crippen molar-refractivity contribution in [3.8, 4) is 11.5 Å². The molecule has 0 unspecified atom stereocenters. The van der Waals surface area contributed by atoms with Crippen LogP contribution in [0, 0.1) is 0 Å². The van der Waals surface area contributed by atoms with E-state index in [1.165, 1.54) is 19.2 Å². The number of sulfonamides is 1. The van der Waals surface area contributed by atoms with Crippen LogP contribution in [0.3, 0.4) is 0 Å². The first-order valence-corrected chi connectivity index (χ1v) is 11.9. The summed E-state index contributed by atoms with van der Waals surface area (Å²) in [6.07, 6.45) is 0. The summed E-state index contributed by atoms with van der Waals surface area (Å²) in [6.45, 7) is 2.32. The summed E-state index contributed by atoms with van der Waals surface area (Å²) in [5, 5.41) is 6.10. The topological polar surface area (TPSA) is 106 Å². The predicted molar refractivity (Wildman–Crippen MR) is 130 cm³/mol.